The third kappa shape index (κ3) is 2.99. The Kier molecular flexibility index (Phi) is 4.15. The smallest absolute Gasteiger partial charge is 0.133 e. The first-order valence-corrected chi connectivity index (χ1v) is 6.65. The highest BCUT2D eigenvalue weighted by atomic mass is 79.9. The first-order chi connectivity index (χ1) is 8.70. The van der Waals surface area contributed by atoms with Gasteiger partial charge in [-0.25, -0.2) is 4.99 Å². The first-order valence-electron chi connectivity index (χ1n) is 5.85. The lowest BCUT2D eigenvalue weighted by molar-refractivity contribution is 0.713. The van der Waals surface area contributed by atoms with Crippen LogP contribution in [0.1, 0.15) is 6.92 Å². The van der Waals surface area contributed by atoms with E-state index in [2.05, 4.69) is 63.4 Å². The average Bonchev–Trinajstić information content (AvgIpc) is 2.39. The zero-order valence-electron chi connectivity index (χ0n) is 10.3. The van der Waals surface area contributed by atoms with Crippen LogP contribution in [-0.4, -0.2) is 4.57 Å². The van der Waals surface area contributed by atoms with Crippen molar-refractivity contribution in [2.24, 2.45) is 4.99 Å². The Hall–Kier alpha value is -1.61. The second-order valence-corrected chi connectivity index (χ2v) is 4.83. The molecule has 0 spiro atoms. The Bertz CT molecular complexity index is 612. The van der Waals surface area contributed by atoms with Crippen molar-refractivity contribution in [3.05, 3.63) is 65.3 Å². The summed E-state index contributed by atoms with van der Waals surface area (Å²) in [4.78, 5) is 4.35. The van der Waals surface area contributed by atoms with Crippen LogP contribution in [-0.2, 0) is 6.54 Å². The van der Waals surface area contributed by atoms with Crippen molar-refractivity contribution in [1.82, 2.24) is 4.57 Å². The summed E-state index contributed by atoms with van der Waals surface area (Å²) in [5.41, 5.74) is 3.31. The summed E-state index contributed by atoms with van der Waals surface area (Å²) in [5.74, 6) is 0. The highest BCUT2D eigenvalue weighted by Crippen LogP contribution is 2.16. The average molecular weight is 303 g/mol. The predicted octanol–water partition coefficient (Wildman–Crippen LogP) is 3.94. The fourth-order valence-corrected chi connectivity index (χ4v) is 2.00. The van der Waals surface area contributed by atoms with Crippen LogP contribution >= 0.6 is 15.9 Å². The number of aromatic nitrogens is 1. The fraction of sp³-hybridized carbons (Fsp3) is 0.133. The molecule has 0 aliphatic carbocycles. The van der Waals surface area contributed by atoms with Gasteiger partial charge in [0.05, 0.1) is 0 Å². The molecule has 1 aromatic carbocycles. The van der Waals surface area contributed by atoms with Crippen molar-refractivity contribution in [3.8, 4) is 11.1 Å². The molecule has 0 fully saturated rings. The normalized spacial score (nSPS) is 11.6. The second-order valence-electron chi connectivity index (χ2n) is 3.92. The van der Waals surface area contributed by atoms with E-state index < -0.39 is 0 Å². The molecule has 1 heterocycles. The van der Waals surface area contributed by atoms with Gasteiger partial charge in [0, 0.05) is 12.7 Å². The predicted molar refractivity (Wildman–Crippen MR) is 79.2 cm³/mol. The molecular weight excluding hydrogens is 288 g/mol. The van der Waals surface area contributed by atoms with Crippen molar-refractivity contribution in [3.63, 3.8) is 0 Å². The van der Waals surface area contributed by atoms with Crippen molar-refractivity contribution in [1.29, 1.82) is 0 Å². The minimum atomic E-state index is 0.636. The van der Waals surface area contributed by atoms with Gasteiger partial charge in [0.1, 0.15) is 10.1 Å². The van der Waals surface area contributed by atoms with E-state index in [0.29, 0.717) is 4.61 Å². The Morgan fingerprint density at radius 2 is 1.89 bits per heavy atom. The second kappa shape index (κ2) is 5.83. The van der Waals surface area contributed by atoms with Crippen LogP contribution in [0.3, 0.4) is 0 Å². The van der Waals surface area contributed by atoms with E-state index in [1.54, 1.807) is 0 Å². The number of pyridine rings is 1. The van der Waals surface area contributed by atoms with Crippen LogP contribution < -0.4 is 5.49 Å². The highest BCUT2D eigenvalue weighted by Gasteiger charge is 1.99. The molecule has 0 unspecified atom stereocenters. The maximum atomic E-state index is 4.35. The number of aryl methyl sites for hydroxylation is 1. The number of hydrogen-bond donors (Lipinski definition) is 0. The first kappa shape index (κ1) is 12.8. The SMILES string of the molecule is C=C(Br)/N=c1/ccc(-c2ccccc2)cn1CC. The molecule has 3 heteroatoms. The number of halogens is 1. The minimum Gasteiger partial charge on any atom is -0.333 e. The maximum absolute atomic E-state index is 4.35. The van der Waals surface area contributed by atoms with E-state index in [-0.39, 0.29) is 0 Å². The molecule has 0 aliphatic rings. The molecule has 0 atom stereocenters. The molecule has 0 bridgehead atoms. The summed E-state index contributed by atoms with van der Waals surface area (Å²) < 4.78 is 2.74. The van der Waals surface area contributed by atoms with E-state index in [0.717, 1.165) is 12.0 Å². The summed E-state index contributed by atoms with van der Waals surface area (Å²) in [5, 5.41) is 0. The Morgan fingerprint density at radius 3 is 2.50 bits per heavy atom. The van der Waals surface area contributed by atoms with Gasteiger partial charge < -0.3 is 4.57 Å². The summed E-state index contributed by atoms with van der Waals surface area (Å²) in [6.45, 7) is 6.72. The van der Waals surface area contributed by atoms with Gasteiger partial charge in [0.25, 0.3) is 0 Å². The van der Waals surface area contributed by atoms with Gasteiger partial charge in [-0.05, 0) is 46.1 Å². The molecule has 0 N–H and O–H groups in total. The molecular formula is C15H15BrN2. The quantitative estimate of drug-likeness (QED) is 0.764. The van der Waals surface area contributed by atoms with Crippen molar-refractivity contribution >= 4 is 15.9 Å². The molecule has 92 valence electrons. The minimum absolute atomic E-state index is 0.636. The monoisotopic (exact) mass is 302 g/mol. The van der Waals surface area contributed by atoms with Gasteiger partial charge in [-0.15, -0.1) is 0 Å². The number of nitrogens with zero attached hydrogens (tertiary/aromatic N) is 2. The van der Waals surface area contributed by atoms with Crippen LogP contribution in [0.4, 0.5) is 0 Å². The van der Waals surface area contributed by atoms with Crippen LogP contribution in [0.2, 0.25) is 0 Å². The van der Waals surface area contributed by atoms with Crippen molar-refractivity contribution in [2.75, 3.05) is 0 Å². The Balaban J connectivity index is 2.52. The third-order valence-corrected chi connectivity index (χ3v) is 2.86. The van der Waals surface area contributed by atoms with Gasteiger partial charge in [-0.3, -0.25) is 0 Å². The van der Waals surface area contributed by atoms with Gasteiger partial charge in [-0.1, -0.05) is 36.9 Å². The van der Waals surface area contributed by atoms with Gasteiger partial charge in [0.2, 0.25) is 0 Å². The highest BCUT2D eigenvalue weighted by molar-refractivity contribution is 9.11. The molecule has 0 radical (unpaired) electrons. The zero-order valence-corrected chi connectivity index (χ0v) is 11.9. The van der Waals surface area contributed by atoms with Crippen molar-refractivity contribution in [2.45, 2.75) is 13.5 Å². The molecule has 0 saturated heterocycles. The Morgan fingerprint density at radius 1 is 1.17 bits per heavy atom. The largest absolute Gasteiger partial charge is 0.333 e. The van der Waals surface area contributed by atoms with Gasteiger partial charge in [-0.2, -0.15) is 0 Å². The standard InChI is InChI=1S/C15H15BrN2/c1-3-18-11-14(13-7-5-4-6-8-13)9-10-15(18)17-12(2)16/h4-11H,2-3H2,1H3/b17-15-. The fourth-order valence-electron chi connectivity index (χ4n) is 1.82. The lowest BCUT2D eigenvalue weighted by Gasteiger charge is -2.08. The van der Waals surface area contributed by atoms with Gasteiger partial charge >= 0.3 is 0 Å². The summed E-state index contributed by atoms with van der Waals surface area (Å²) in [6, 6.07) is 14.4. The van der Waals surface area contributed by atoms with E-state index >= 15 is 0 Å². The van der Waals surface area contributed by atoms with Crippen molar-refractivity contribution < 1.29 is 0 Å². The van der Waals surface area contributed by atoms with Crippen LogP contribution in [0.15, 0.2) is 64.8 Å². The lowest BCUT2D eigenvalue weighted by Crippen LogP contribution is -2.19. The molecule has 1 aromatic heterocycles. The molecule has 0 amide bonds. The van der Waals surface area contributed by atoms with E-state index in [1.165, 1.54) is 11.1 Å². The summed E-state index contributed by atoms with van der Waals surface area (Å²) in [6.07, 6.45) is 2.12. The molecule has 0 saturated carbocycles. The number of hydrogen-bond acceptors (Lipinski definition) is 1. The van der Waals surface area contributed by atoms with Gasteiger partial charge in [0.15, 0.2) is 0 Å². The summed E-state index contributed by atoms with van der Waals surface area (Å²) in [7, 11) is 0. The van der Waals surface area contributed by atoms with Crippen LogP contribution in [0.25, 0.3) is 11.1 Å². The summed E-state index contributed by atoms with van der Waals surface area (Å²) >= 11 is 3.26. The van der Waals surface area contributed by atoms with E-state index in [1.807, 2.05) is 24.3 Å². The topological polar surface area (TPSA) is 17.3 Å². The van der Waals surface area contributed by atoms with E-state index in [4.69, 9.17) is 0 Å². The molecule has 0 aliphatic heterocycles. The molecule has 18 heavy (non-hydrogen) atoms. The third-order valence-electron chi connectivity index (χ3n) is 2.68. The lowest BCUT2D eigenvalue weighted by atomic mass is 10.1. The number of rotatable bonds is 3. The molecule has 2 aromatic rings. The van der Waals surface area contributed by atoms with Crippen LogP contribution in [0.5, 0.6) is 0 Å². The Labute approximate surface area is 115 Å². The zero-order chi connectivity index (χ0) is 13.0. The maximum Gasteiger partial charge on any atom is 0.133 e. The number of benzene rings is 1. The molecule has 2 rings (SSSR count). The molecule has 2 nitrogen and oxygen atoms in total. The van der Waals surface area contributed by atoms with Crippen LogP contribution in [0, 0.1) is 0 Å². The van der Waals surface area contributed by atoms with E-state index in [9.17, 15) is 0 Å².